The molecule has 1 aliphatic heterocycles. The van der Waals surface area contributed by atoms with Crippen molar-refractivity contribution in [3.05, 3.63) is 63.9 Å². The third kappa shape index (κ3) is 5.56. The van der Waals surface area contributed by atoms with E-state index in [0.29, 0.717) is 26.1 Å². The molecule has 2 aromatic carbocycles. The van der Waals surface area contributed by atoms with Crippen molar-refractivity contribution in [2.24, 2.45) is 0 Å². The van der Waals surface area contributed by atoms with E-state index < -0.39 is 33.9 Å². The van der Waals surface area contributed by atoms with Gasteiger partial charge >= 0.3 is 6.18 Å². The van der Waals surface area contributed by atoms with Crippen LogP contribution in [0.4, 0.5) is 17.6 Å². The molecule has 0 bridgehead atoms. The number of aromatic hydroxyl groups is 1. The number of hydrogen-bond acceptors (Lipinski definition) is 4. The molecule has 0 aliphatic carbocycles. The fourth-order valence-corrected chi connectivity index (χ4v) is 4.03. The highest BCUT2D eigenvalue weighted by Crippen LogP contribution is 2.40. The first-order chi connectivity index (χ1) is 14.5. The van der Waals surface area contributed by atoms with Crippen molar-refractivity contribution >= 4 is 17.4 Å². The number of carbonyl (C=O) groups excluding carboxylic acids is 1. The maximum absolute atomic E-state index is 13.1. The average molecular weight is 460 g/mol. The van der Waals surface area contributed by atoms with E-state index >= 15 is 0 Å². The first kappa shape index (κ1) is 23.5. The van der Waals surface area contributed by atoms with Crippen molar-refractivity contribution in [3.8, 4) is 5.75 Å². The number of likely N-dealkylation sites (tertiary alicyclic amines) is 1. The van der Waals surface area contributed by atoms with E-state index in [0.717, 1.165) is 24.3 Å². The zero-order valence-corrected chi connectivity index (χ0v) is 17.3. The van der Waals surface area contributed by atoms with Crippen LogP contribution in [0.25, 0.3) is 0 Å². The van der Waals surface area contributed by atoms with Gasteiger partial charge in [-0.2, -0.15) is 13.2 Å². The van der Waals surface area contributed by atoms with Crippen LogP contribution in [0.5, 0.6) is 5.75 Å². The van der Waals surface area contributed by atoms with Gasteiger partial charge in [0, 0.05) is 25.6 Å². The summed E-state index contributed by atoms with van der Waals surface area (Å²) >= 11 is 5.66. The third-order valence-electron chi connectivity index (χ3n) is 5.63. The molecule has 31 heavy (non-hydrogen) atoms. The summed E-state index contributed by atoms with van der Waals surface area (Å²) in [5, 5.41) is 20.2. The Hall–Kier alpha value is -2.16. The summed E-state index contributed by atoms with van der Waals surface area (Å²) in [4.78, 5) is 14.2. The standard InChI is InChI=1S/C22H22ClF4NO3/c23-18-6-3-14(12-17(18)22(25,26)27)21(31)7-10-28(11-8-21)9-1-2-19(29)16-5-4-15(24)13-20(16)30/h3-6,12-13,30-31H,1-2,7-11H2. The van der Waals surface area contributed by atoms with Crippen LogP contribution in [0.2, 0.25) is 5.02 Å². The lowest BCUT2D eigenvalue weighted by Gasteiger charge is -2.38. The summed E-state index contributed by atoms with van der Waals surface area (Å²) < 4.78 is 52.4. The number of Topliss-reactive ketones (excluding diaryl/α,β-unsaturated/α-hetero) is 1. The number of nitrogens with zero attached hydrogens (tertiary/aromatic N) is 1. The summed E-state index contributed by atoms with van der Waals surface area (Å²) in [5.74, 6) is -1.32. The zero-order valence-electron chi connectivity index (χ0n) is 16.6. The van der Waals surface area contributed by atoms with Crippen LogP contribution in [-0.2, 0) is 11.8 Å². The molecule has 1 saturated heterocycles. The molecule has 1 aliphatic rings. The molecule has 4 nitrogen and oxygen atoms in total. The third-order valence-corrected chi connectivity index (χ3v) is 5.96. The van der Waals surface area contributed by atoms with E-state index in [9.17, 15) is 32.6 Å². The van der Waals surface area contributed by atoms with Gasteiger partial charge in [0.25, 0.3) is 0 Å². The fraction of sp³-hybridized carbons (Fsp3) is 0.409. The number of aliphatic hydroxyl groups is 1. The number of benzene rings is 2. The number of hydrogen-bond donors (Lipinski definition) is 2. The molecule has 0 unspecified atom stereocenters. The number of rotatable bonds is 6. The molecular formula is C22H22ClF4NO3. The van der Waals surface area contributed by atoms with Crippen molar-refractivity contribution in [1.82, 2.24) is 4.90 Å². The molecule has 2 N–H and O–H groups in total. The molecule has 0 amide bonds. The summed E-state index contributed by atoms with van der Waals surface area (Å²) in [5.41, 5.74) is -2.09. The van der Waals surface area contributed by atoms with Crippen molar-refractivity contribution < 1.29 is 32.6 Å². The molecular weight excluding hydrogens is 438 g/mol. The monoisotopic (exact) mass is 459 g/mol. The molecule has 9 heteroatoms. The van der Waals surface area contributed by atoms with Crippen LogP contribution in [-0.4, -0.2) is 40.5 Å². The number of alkyl halides is 3. The van der Waals surface area contributed by atoms with Crippen LogP contribution in [0, 0.1) is 5.82 Å². The van der Waals surface area contributed by atoms with Crippen molar-refractivity contribution in [1.29, 1.82) is 0 Å². The number of phenolic OH excluding ortho intramolecular Hbond substituents is 1. The fourth-order valence-electron chi connectivity index (χ4n) is 3.81. The van der Waals surface area contributed by atoms with Gasteiger partial charge in [0.15, 0.2) is 5.78 Å². The van der Waals surface area contributed by atoms with Gasteiger partial charge in [0.05, 0.1) is 21.8 Å². The molecule has 1 fully saturated rings. The van der Waals surface area contributed by atoms with Gasteiger partial charge in [-0.05, 0) is 55.6 Å². The van der Waals surface area contributed by atoms with Gasteiger partial charge in [-0.25, -0.2) is 4.39 Å². The van der Waals surface area contributed by atoms with E-state index in [4.69, 9.17) is 11.6 Å². The van der Waals surface area contributed by atoms with Gasteiger partial charge in [-0.15, -0.1) is 0 Å². The molecule has 0 saturated carbocycles. The second-order valence-electron chi connectivity index (χ2n) is 7.75. The Morgan fingerprint density at radius 1 is 1.13 bits per heavy atom. The highest BCUT2D eigenvalue weighted by molar-refractivity contribution is 6.31. The maximum Gasteiger partial charge on any atom is 0.417 e. The minimum atomic E-state index is -4.60. The molecule has 3 rings (SSSR count). The SMILES string of the molecule is O=C(CCCN1CCC(O)(c2ccc(Cl)c(C(F)(F)F)c2)CC1)c1ccc(F)cc1O. The summed E-state index contributed by atoms with van der Waals surface area (Å²) in [6.45, 7) is 1.46. The summed E-state index contributed by atoms with van der Waals surface area (Å²) in [6, 6.07) is 6.72. The van der Waals surface area contributed by atoms with Gasteiger partial charge < -0.3 is 15.1 Å². The molecule has 1 heterocycles. The Labute approximate surface area is 182 Å². The average Bonchev–Trinajstić information content (AvgIpc) is 2.69. The second kappa shape index (κ2) is 9.14. The Morgan fingerprint density at radius 3 is 2.42 bits per heavy atom. The maximum atomic E-state index is 13.1. The summed E-state index contributed by atoms with van der Waals surface area (Å²) in [7, 11) is 0. The predicted molar refractivity (Wildman–Crippen MR) is 108 cm³/mol. The Bertz CT molecular complexity index is 956. The normalized spacial score (nSPS) is 17.0. The molecule has 0 aromatic heterocycles. The minimum absolute atomic E-state index is 0.0672. The lowest BCUT2D eigenvalue weighted by Crippen LogP contribution is -2.43. The van der Waals surface area contributed by atoms with Gasteiger partial charge in [0.1, 0.15) is 11.6 Å². The van der Waals surface area contributed by atoms with Crippen molar-refractivity contribution in [2.45, 2.75) is 37.5 Å². The smallest absolute Gasteiger partial charge is 0.417 e. The Balaban J connectivity index is 1.54. The molecule has 168 valence electrons. The topological polar surface area (TPSA) is 60.8 Å². The van der Waals surface area contributed by atoms with Crippen LogP contribution < -0.4 is 0 Å². The number of halogens is 5. The van der Waals surface area contributed by atoms with E-state index in [1.165, 1.54) is 12.1 Å². The number of piperidine rings is 1. The van der Waals surface area contributed by atoms with E-state index in [1.54, 1.807) is 0 Å². The van der Waals surface area contributed by atoms with Crippen LogP contribution in [0.1, 0.15) is 47.2 Å². The number of phenols is 1. The highest BCUT2D eigenvalue weighted by Gasteiger charge is 2.38. The number of carbonyl (C=O) groups is 1. The Kier molecular flexibility index (Phi) is 6.93. The van der Waals surface area contributed by atoms with Crippen molar-refractivity contribution in [3.63, 3.8) is 0 Å². The lowest BCUT2D eigenvalue weighted by atomic mass is 9.83. The molecule has 0 radical (unpaired) electrons. The van der Waals surface area contributed by atoms with Crippen LogP contribution >= 0.6 is 11.6 Å². The molecule has 0 spiro atoms. The minimum Gasteiger partial charge on any atom is -0.507 e. The van der Waals surface area contributed by atoms with Crippen molar-refractivity contribution in [2.75, 3.05) is 19.6 Å². The largest absolute Gasteiger partial charge is 0.507 e. The van der Waals surface area contributed by atoms with Gasteiger partial charge in [-0.1, -0.05) is 17.7 Å². The zero-order chi connectivity index (χ0) is 22.8. The Morgan fingerprint density at radius 2 is 1.81 bits per heavy atom. The predicted octanol–water partition coefficient (Wildman–Crippen LogP) is 5.15. The van der Waals surface area contributed by atoms with Crippen LogP contribution in [0.3, 0.4) is 0 Å². The quantitative estimate of drug-likeness (QED) is 0.463. The number of ketones is 1. The van der Waals surface area contributed by atoms with E-state index in [2.05, 4.69) is 0 Å². The first-order valence-electron chi connectivity index (χ1n) is 9.83. The van der Waals surface area contributed by atoms with E-state index in [1.807, 2.05) is 4.90 Å². The van der Waals surface area contributed by atoms with E-state index in [-0.39, 0.29) is 36.2 Å². The van der Waals surface area contributed by atoms with Gasteiger partial charge in [-0.3, -0.25) is 4.79 Å². The molecule has 2 aromatic rings. The highest BCUT2D eigenvalue weighted by atomic mass is 35.5. The molecule has 0 atom stereocenters. The van der Waals surface area contributed by atoms with Crippen LogP contribution in [0.15, 0.2) is 36.4 Å². The van der Waals surface area contributed by atoms with Gasteiger partial charge in [0.2, 0.25) is 0 Å². The summed E-state index contributed by atoms with van der Waals surface area (Å²) in [6.07, 6.45) is -3.45. The first-order valence-corrected chi connectivity index (χ1v) is 10.2. The second-order valence-corrected chi connectivity index (χ2v) is 8.16. The lowest BCUT2D eigenvalue weighted by molar-refractivity contribution is -0.137.